The second-order valence-corrected chi connectivity index (χ2v) is 3.65. The molecule has 2 saturated carbocycles. The lowest BCUT2D eigenvalue weighted by molar-refractivity contribution is 0.503. The fourth-order valence-corrected chi connectivity index (χ4v) is 1.58. The number of oxazole rings is 1. The monoisotopic (exact) mass is 149 g/mol. The summed E-state index contributed by atoms with van der Waals surface area (Å²) >= 11 is 0. The largest absolute Gasteiger partial charge is 0.448 e. The normalized spacial score (nSPS) is 24.0. The summed E-state index contributed by atoms with van der Waals surface area (Å²) in [4.78, 5) is 4.27. The number of aromatic nitrogens is 1. The molecule has 0 unspecified atom stereocenters. The lowest BCUT2D eigenvalue weighted by Crippen LogP contribution is -1.85. The Morgan fingerprint density at radius 1 is 1.18 bits per heavy atom. The molecule has 2 heteroatoms. The van der Waals surface area contributed by atoms with Crippen LogP contribution in [0.1, 0.15) is 49.0 Å². The Labute approximate surface area is 65.6 Å². The molecule has 0 saturated heterocycles. The van der Waals surface area contributed by atoms with Crippen molar-refractivity contribution in [2.75, 3.05) is 0 Å². The molecule has 0 aromatic carbocycles. The fourth-order valence-electron chi connectivity index (χ4n) is 1.58. The van der Waals surface area contributed by atoms with Gasteiger partial charge in [-0.1, -0.05) is 0 Å². The first-order valence-electron chi connectivity index (χ1n) is 4.38. The van der Waals surface area contributed by atoms with Crippen molar-refractivity contribution in [1.82, 2.24) is 4.98 Å². The van der Waals surface area contributed by atoms with Crippen molar-refractivity contribution in [3.63, 3.8) is 0 Å². The first-order valence-corrected chi connectivity index (χ1v) is 4.38. The van der Waals surface area contributed by atoms with E-state index >= 15 is 0 Å². The van der Waals surface area contributed by atoms with E-state index < -0.39 is 0 Å². The topological polar surface area (TPSA) is 26.0 Å². The maximum Gasteiger partial charge on any atom is 0.181 e. The van der Waals surface area contributed by atoms with Gasteiger partial charge >= 0.3 is 0 Å². The first-order chi connectivity index (χ1) is 5.45. The van der Waals surface area contributed by atoms with Crippen LogP contribution in [0.15, 0.2) is 10.8 Å². The predicted molar refractivity (Wildman–Crippen MR) is 40.5 cm³/mol. The van der Waals surface area contributed by atoms with Crippen molar-refractivity contribution in [2.24, 2.45) is 0 Å². The van der Waals surface area contributed by atoms with Crippen LogP contribution in [0.3, 0.4) is 0 Å². The fraction of sp³-hybridized carbons (Fsp3) is 0.667. The van der Waals surface area contributed by atoms with Crippen LogP contribution in [0.25, 0.3) is 0 Å². The summed E-state index contributed by atoms with van der Waals surface area (Å²) in [5.74, 6) is 2.69. The first kappa shape index (κ1) is 5.81. The molecule has 0 aliphatic heterocycles. The van der Waals surface area contributed by atoms with E-state index in [1.165, 1.54) is 37.1 Å². The number of hydrogen-bond acceptors (Lipinski definition) is 2. The van der Waals surface area contributed by atoms with Gasteiger partial charge in [-0.3, -0.25) is 0 Å². The van der Waals surface area contributed by atoms with Crippen molar-refractivity contribution in [2.45, 2.75) is 37.5 Å². The Bertz CT molecular complexity index is 244. The Hall–Kier alpha value is -0.790. The minimum Gasteiger partial charge on any atom is -0.448 e. The van der Waals surface area contributed by atoms with E-state index in [-0.39, 0.29) is 0 Å². The molecule has 0 N–H and O–H groups in total. The van der Waals surface area contributed by atoms with Crippen molar-refractivity contribution < 1.29 is 4.42 Å². The molecule has 1 aromatic rings. The predicted octanol–water partition coefficient (Wildman–Crippen LogP) is 2.43. The molecule has 0 radical (unpaired) electrons. The zero-order valence-electron chi connectivity index (χ0n) is 6.42. The summed E-state index contributed by atoms with van der Waals surface area (Å²) in [5.41, 5.74) is 1.27. The van der Waals surface area contributed by atoms with Gasteiger partial charge in [-0.15, -0.1) is 0 Å². The van der Waals surface area contributed by atoms with Crippen LogP contribution in [-0.2, 0) is 0 Å². The molecule has 0 atom stereocenters. The third kappa shape index (κ3) is 0.889. The van der Waals surface area contributed by atoms with E-state index in [0.717, 1.165) is 11.8 Å². The van der Waals surface area contributed by atoms with Crippen LogP contribution in [0, 0.1) is 0 Å². The molecule has 3 rings (SSSR count). The van der Waals surface area contributed by atoms with Crippen molar-refractivity contribution in [3.05, 3.63) is 17.8 Å². The highest BCUT2D eigenvalue weighted by atomic mass is 16.3. The Morgan fingerprint density at radius 3 is 2.55 bits per heavy atom. The number of hydrogen-bond donors (Lipinski definition) is 0. The smallest absolute Gasteiger partial charge is 0.181 e. The molecule has 1 aromatic heterocycles. The van der Waals surface area contributed by atoms with E-state index in [9.17, 15) is 0 Å². The van der Waals surface area contributed by atoms with Gasteiger partial charge in [0, 0.05) is 11.8 Å². The number of nitrogens with zero attached hydrogens (tertiary/aromatic N) is 1. The average molecular weight is 149 g/mol. The van der Waals surface area contributed by atoms with Crippen LogP contribution in [0.5, 0.6) is 0 Å². The quantitative estimate of drug-likeness (QED) is 0.645. The molecule has 2 aliphatic rings. The van der Waals surface area contributed by atoms with E-state index in [0.29, 0.717) is 0 Å². The lowest BCUT2D eigenvalue weighted by Gasteiger charge is -1.93. The highest BCUT2D eigenvalue weighted by molar-refractivity contribution is 5.24. The minimum absolute atomic E-state index is 0.730. The molecule has 2 nitrogen and oxygen atoms in total. The molecule has 0 amide bonds. The van der Waals surface area contributed by atoms with Gasteiger partial charge in [0.15, 0.2) is 6.39 Å². The molecule has 2 fully saturated rings. The lowest BCUT2D eigenvalue weighted by atomic mass is 10.2. The van der Waals surface area contributed by atoms with Crippen LogP contribution in [0.2, 0.25) is 0 Å². The van der Waals surface area contributed by atoms with Crippen molar-refractivity contribution >= 4 is 0 Å². The molecule has 0 bridgehead atoms. The molecular weight excluding hydrogens is 138 g/mol. The molecular formula is C9H11NO. The molecule has 0 spiro atoms. The Morgan fingerprint density at radius 2 is 1.91 bits per heavy atom. The molecule has 11 heavy (non-hydrogen) atoms. The number of rotatable bonds is 2. The van der Waals surface area contributed by atoms with Gasteiger partial charge in [-0.25, -0.2) is 4.98 Å². The molecule has 2 aliphatic carbocycles. The molecule has 58 valence electrons. The summed E-state index contributed by atoms with van der Waals surface area (Å²) in [6, 6.07) is 0. The maximum atomic E-state index is 5.38. The maximum absolute atomic E-state index is 5.38. The summed E-state index contributed by atoms with van der Waals surface area (Å²) in [6.45, 7) is 0. The third-order valence-electron chi connectivity index (χ3n) is 2.54. The second kappa shape index (κ2) is 1.87. The SMILES string of the molecule is c1nc(C2CC2)c(C2CC2)o1. The van der Waals surface area contributed by atoms with Gasteiger partial charge in [0.1, 0.15) is 5.76 Å². The van der Waals surface area contributed by atoms with Crippen LogP contribution in [0.4, 0.5) is 0 Å². The standard InChI is InChI=1S/C9H11NO/c1-2-6(1)8-9(7-3-4-7)11-5-10-8/h5-7H,1-4H2. The summed E-state index contributed by atoms with van der Waals surface area (Å²) in [5, 5.41) is 0. The van der Waals surface area contributed by atoms with Gasteiger partial charge in [0.2, 0.25) is 0 Å². The summed E-state index contributed by atoms with van der Waals surface area (Å²) in [7, 11) is 0. The van der Waals surface area contributed by atoms with Gasteiger partial charge in [-0.05, 0) is 25.7 Å². The zero-order chi connectivity index (χ0) is 7.26. The highest BCUT2D eigenvalue weighted by Crippen LogP contribution is 2.48. The zero-order valence-corrected chi connectivity index (χ0v) is 6.42. The Kier molecular flexibility index (Phi) is 0.989. The van der Waals surface area contributed by atoms with Gasteiger partial charge < -0.3 is 4.42 Å². The average Bonchev–Trinajstić information content (AvgIpc) is 2.91. The molecule has 1 heterocycles. The minimum atomic E-state index is 0.730. The van der Waals surface area contributed by atoms with Crippen molar-refractivity contribution in [1.29, 1.82) is 0 Å². The van der Waals surface area contributed by atoms with E-state index in [1.54, 1.807) is 6.39 Å². The second-order valence-electron chi connectivity index (χ2n) is 3.65. The van der Waals surface area contributed by atoms with Gasteiger partial charge in [-0.2, -0.15) is 0 Å². The highest BCUT2D eigenvalue weighted by Gasteiger charge is 2.36. The Balaban J connectivity index is 1.98. The van der Waals surface area contributed by atoms with Crippen LogP contribution in [-0.4, -0.2) is 4.98 Å². The van der Waals surface area contributed by atoms with E-state index in [4.69, 9.17) is 4.42 Å². The van der Waals surface area contributed by atoms with Crippen molar-refractivity contribution in [3.8, 4) is 0 Å². The van der Waals surface area contributed by atoms with Crippen LogP contribution >= 0.6 is 0 Å². The van der Waals surface area contributed by atoms with Crippen LogP contribution < -0.4 is 0 Å². The van der Waals surface area contributed by atoms with Gasteiger partial charge in [0.25, 0.3) is 0 Å². The van der Waals surface area contributed by atoms with E-state index in [2.05, 4.69) is 4.98 Å². The van der Waals surface area contributed by atoms with Gasteiger partial charge in [0.05, 0.1) is 5.69 Å². The summed E-state index contributed by atoms with van der Waals surface area (Å²) < 4.78 is 5.38. The summed E-state index contributed by atoms with van der Waals surface area (Å²) in [6.07, 6.45) is 6.89. The van der Waals surface area contributed by atoms with E-state index in [1.807, 2.05) is 0 Å². The third-order valence-corrected chi connectivity index (χ3v) is 2.54.